The van der Waals surface area contributed by atoms with Crippen molar-refractivity contribution < 1.29 is 27.8 Å². The van der Waals surface area contributed by atoms with Crippen molar-refractivity contribution in [2.24, 2.45) is 17.8 Å². The predicted molar refractivity (Wildman–Crippen MR) is 174 cm³/mol. The summed E-state index contributed by atoms with van der Waals surface area (Å²) in [5.41, 5.74) is 0.973. The Morgan fingerprint density at radius 1 is 1.06 bits per heavy atom. The first-order chi connectivity index (χ1) is 22.5. The van der Waals surface area contributed by atoms with Crippen LogP contribution in [-0.4, -0.2) is 64.1 Å². The van der Waals surface area contributed by atoms with Gasteiger partial charge in [-0.15, -0.1) is 0 Å². The molecule has 2 unspecified atom stereocenters. The van der Waals surface area contributed by atoms with Crippen LogP contribution < -0.4 is 20.7 Å². The first-order valence-electron chi connectivity index (χ1n) is 16.5. The molecule has 4 aliphatic carbocycles. The average molecular weight is 651 g/mol. The minimum atomic E-state index is -4.72. The van der Waals surface area contributed by atoms with Crippen LogP contribution in [0.15, 0.2) is 42.6 Å². The number of para-hydroxylation sites is 1. The van der Waals surface area contributed by atoms with Crippen molar-refractivity contribution in [3.63, 3.8) is 0 Å². The second-order valence-corrected chi connectivity index (χ2v) is 13.9. The second kappa shape index (κ2) is 12.3. The molecule has 47 heavy (non-hydrogen) atoms. The molecule has 250 valence electrons. The van der Waals surface area contributed by atoms with E-state index in [-0.39, 0.29) is 17.2 Å². The number of carbonyl (C=O) groups excluding carboxylic acids is 1. The molecule has 12 heteroatoms. The molecule has 9 nitrogen and oxygen atoms in total. The van der Waals surface area contributed by atoms with E-state index in [1.54, 1.807) is 25.1 Å². The number of piperidine rings is 1. The first kappa shape index (κ1) is 31.7. The zero-order chi connectivity index (χ0) is 32.9. The number of alkyl halides is 3. The molecule has 1 aliphatic heterocycles. The zero-order valence-corrected chi connectivity index (χ0v) is 26.6. The lowest BCUT2D eigenvalue weighted by Crippen LogP contribution is -2.62. The monoisotopic (exact) mass is 650 g/mol. The van der Waals surface area contributed by atoms with Crippen molar-refractivity contribution >= 4 is 35.1 Å². The molecule has 5 aliphatic rings. The Morgan fingerprint density at radius 3 is 2.47 bits per heavy atom. The first-order valence-corrected chi connectivity index (χ1v) is 16.5. The van der Waals surface area contributed by atoms with Crippen LogP contribution in [-0.2, 0) is 6.18 Å². The van der Waals surface area contributed by atoms with Gasteiger partial charge in [-0.25, -0.2) is 4.98 Å². The third kappa shape index (κ3) is 6.37. The number of hydrogen-bond acceptors (Lipinski definition) is 9. The number of anilines is 5. The van der Waals surface area contributed by atoms with Gasteiger partial charge in [0.05, 0.1) is 24.1 Å². The number of ether oxygens (including phenoxy) is 1. The lowest BCUT2D eigenvalue weighted by Gasteiger charge is -2.61. The molecule has 4 saturated carbocycles. The molecule has 4 N–H and O–H groups in total. The van der Waals surface area contributed by atoms with E-state index < -0.39 is 23.2 Å². The van der Waals surface area contributed by atoms with E-state index in [2.05, 4.69) is 30.8 Å². The summed E-state index contributed by atoms with van der Waals surface area (Å²) < 4.78 is 47.3. The maximum Gasteiger partial charge on any atom is 0.421 e. The Kier molecular flexibility index (Phi) is 8.28. The van der Waals surface area contributed by atoms with Gasteiger partial charge in [-0.1, -0.05) is 12.1 Å². The summed E-state index contributed by atoms with van der Waals surface area (Å²) in [4.78, 5) is 22.4. The maximum absolute atomic E-state index is 13.9. The highest BCUT2D eigenvalue weighted by Crippen LogP contribution is 2.57. The van der Waals surface area contributed by atoms with Crippen LogP contribution in [0, 0.1) is 24.7 Å². The van der Waals surface area contributed by atoms with Gasteiger partial charge in [-0.05, 0) is 93.4 Å². The van der Waals surface area contributed by atoms with Gasteiger partial charge >= 0.3 is 6.18 Å². The molecule has 2 heterocycles. The van der Waals surface area contributed by atoms with E-state index in [0.29, 0.717) is 53.1 Å². The van der Waals surface area contributed by atoms with Gasteiger partial charge in [0.1, 0.15) is 17.1 Å². The van der Waals surface area contributed by atoms with Crippen molar-refractivity contribution in [3.8, 4) is 5.75 Å². The Balaban J connectivity index is 1.02. The SMILES string of the molecule is COc1cc(NC2CCN([C@H]3C4CC5CC3C[C@](O)(C5)C4)CC2)ccc1Nc1ncc(C(F)(F)F)c(Nc2c(C)cccc2C=O)n1. The average Bonchev–Trinajstić information content (AvgIpc) is 3.02. The van der Waals surface area contributed by atoms with Gasteiger partial charge in [0.15, 0.2) is 6.29 Å². The highest BCUT2D eigenvalue weighted by Gasteiger charge is 2.56. The Labute approximate surface area is 272 Å². The van der Waals surface area contributed by atoms with E-state index >= 15 is 0 Å². The van der Waals surface area contributed by atoms with Crippen LogP contribution in [0.1, 0.15) is 66.4 Å². The molecule has 0 spiro atoms. The Bertz CT molecular complexity index is 1630. The van der Waals surface area contributed by atoms with E-state index in [1.807, 2.05) is 12.1 Å². The summed E-state index contributed by atoms with van der Waals surface area (Å²) in [5, 5.41) is 20.4. The van der Waals surface area contributed by atoms with Crippen molar-refractivity contribution in [2.75, 3.05) is 36.1 Å². The third-order valence-electron chi connectivity index (χ3n) is 10.7. The number of aliphatic hydroxyl groups is 1. The smallest absolute Gasteiger partial charge is 0.421 e. The van der Waals surface area contributed by atoms with Crippen molar-refractivity contribution in [3.05, 3.63) is 59.3 Å². The number of nitrogens with zero attached hydrogens (tertiary/aromatic N) is 3. The van der Waals surface area contributed by atoms with Crippen LogP contribution >= 0.6 is 0 Å². The van der Waals surface area contributed by atoms with E-state index in [0.717, 1.165) is 57.1 Å². The quantitative estimate of drug-likeness (QED) is 0.183. The molecule has 4 bridgehead atoms. The van der Waals surface area contributed by atoms with E-state index in [1.165, 1.54) is 26.0 Å². The molecule has 0 amide bonds. The number of benzene rings is 2. The van der Waals surface area contributed by atoms with Gasteiger partial charge < -0.3 is 25.8 Å². The number of nitrogens with one attached hydrogen (secondary N) is 3. The van der Waals surface area contributed by atoms with Gasteiger partial charge in [0, 0.05) is 48.7 Å². The topological polar surface area (TPSA) is 112 Å². The number of aromatic nitrogens is 2. The normalized spacial score (nSPS) is 27.4. The number of likely N-dealkylation sites (tertiary alicyclic amines) is 1. The number of halogens is 3. The Hall–Kier alpha value is -3.90. The highest BCUT2D eigenvalue weighted by atomic mass is 19.4. The fraction of sp³-hybridized carbons (Fsp3) is 0.514. The minimum absolute atomic E-state index is 0.0648. The summed E-state index contributed by atoms with van der Waals surface area (Å²) in [5.74, 6) is 1.90. The molecular formula is C35H41F3N6O3. The van der Waals surface area contributed by atoms with E-state index in [9.17, 15) is 23.1 Å². The number of aryl methyl sites for hydroxylation is 1. The van der Waals surface area contributed by atoms with Gasteiger partial charge in [-0.2, -0.15) is 18.2 Å². The number of carbonyl (C=O) groups is 1. The Morgan fingerprint density at radius 2 is 1.81 bits per heavy atom. The van der Waals surface area contributed by atoms with E-state index in [4.69, 9.17) is 4.74 Å². The molecule has 3 aromatic rings. The summed E-state index contributed by atoms with van der Waals surface area (Å²) in [7, 11) is 1.53. The van der Waals surface area contributed by atoms with Crippen LogP contribution in [0.25, 0.3) is 0 Å². The maximum atomic E-state index is 13.9. The summed E-state index contributed by atoms with van der Waals surface area (Å²) in [6.45, 7) is 3.77. The van der Waals surface area contributed by atoms with Crippen LogP contribution in [0.2, 0.25) is 0 Å². The van der Waals surface area contributed by atoms with Gasteiger partial charge in [-0.3, -0.25) is 9.69 Å². The van der Waals surface area contributed by atoms with Gasteiger partial charge in [0.25, 0.3) is 0 Å². The standard InChI is InChI=1S/C35H41F3N6O3/c1-20-4-3-5-22(19-45)30(20)42-32-27(35(36,37)38)18-39-33(43-32)41-28-7-6-26(14-29(28)47-2)40-25-8-10-44(11-9-25)31-23-12-21-13-24(31)17-34(46,15-21)16-23/h3-7,14,18-19,21,23-25,31,40,46H,8-13,15-17H2,1-2H3,(H2,39,41,42,43)/t21?,23?,24?,31-,34-. The molecule has 0 radical (unpaired) electrons. The van der Waals surface area contributed by atoms with Crippen molar-refractivity contribution in [1.82, 2.24) is 14.9 Å². The molecule has 8 rings (SSSR count). The van der Waals surface area contributed by atoms with Crippen molar-refractivity contribution in [1.29, 1.82) is 0 Å². The molecule has 1 saturated heterocycles. The molecule has 2 atom stereocenters. The molecule has 5 fully saturated rings. The zero-order valence-electron chi connectivity index (χ0n) is 26.6. The summed E-state index contributed by atoms with van der Waals surface area (Å²) in [6, 6.07) is 11.3. The summed E-state index contributed by atoms with van der Waals surface area (Å²) in [6.07, 6.45) is 4.10. The fourth-order valence-corrected chi connectivity index (χ4v) is 8.96. The molecule has 1 aromatic heterocycles. The third-order valence-corrected chi connectivity index (χ3v) is 10.7. The van der Waals surface area contributed by atoms with Gasteiger partial charge in [0.2, 0.25) is 5.95 Å². The summed E-state index contributed by atoms with van der Waals surface area (Å²) >= 11 is 0. The minimum Gasteiger partial charge on any atom is -0.494 e. The molecular weight excluding hydrogens is 609 g/mol. The highest BCUT2D eigenvalue weighted by molar-refractivity contribution is 5.87. The lowest BCUT2D eigenvalue weighted by molar-refractivity contribution is -0.161. The lowest BCUT2D eigenvalue weighted by atomic mass is 9.52. The molecule has 2 aromatic carbocycles. The fourth-order valence-electron chi connectivity index (χ4n) is 8.96. The van der Waals surface area contributed by atoms with Crippen LogP contribution in [0.3, 0.4) is 0 Å². The number of rotatable bonds is 9. The number of methoxy groups -OCH3 is 1. The van der Waals surface area contributed by atoms with Crippen LogP contribution in [0.5, 0.6) is 5.75 Å². The number of hydrogen-bond donors (Lipinski definition) is 4. The predicted octanol–water partition coefficient (Wildman–Crippen LogP) is 6.93. The van der Waals surface area contributed by atoms with Crippen molar-refractivity contribution in [2.45, 2.75) is 75.7 Å². The largest absolute Gasteiger partial charge is 0.494 e. The van der Waals surface area contributed by atoms with Crippen LogP contribution in [0.4, 0.5) is 42.0 Å². The number of aldehydes is 1. The second-order valence-electron chi connectivity index (χ2n) is 13.9.